The maximum atomic E-state index is 2.82. The lowest BCUT2D eigenvalue weighted by molar-refractivity contribution is 0.271. The number of hydrogen-bond donors (Lipinski definition) is 0. The zero-order chi connectivity index (χ0) is 22.9. The van der Waals surface area contributed by atoms with Gasteiger partial charge in [0.15, 0.2) is 8.11 Å². The van der Waals surface area contributed by atoms with Crippen LogP contribution in [0, 0.1) is 0 Å². The summed E-state index contributed by atoms with van der Waals surface area (Å²) in [5.74, 6) is 0. The lowest BCUT2D eigenvalue weighted by Gasteiger charge is -2.53. The second-order valence-electron chi connectivity index (χ2n) is 10.8. The normalized spacial score (nSPS) is 17.0. The van der Waals surface area contributed by atoms with Crippen molar-refractivity contribution in [3.8, 4) is 0 Å². The van der Waals surface area contributed by atoms with Crippen molar-refractivity contribution in [2.75, 3.05) is 26.2 Å². The Hall–Kier alpha value is -1.40. The molecule has 0 spiro atoms. The van der Waals surface area contributed by atoms with E-state index in [1.165, 1.54) is 10.4 Å². The molecule has 0 bridgehead atoms. The van der Waals surface area contributed by atoms with E-state index in [0.717, 1.165) is 26.2 Å². The number of rotatable bonds is 6. The second-order valence-corrected chi connectivity index (χ2v) is 14.6. The number of benzene rings is 2. The minimum absolute atomic E-state index is 0.0969. The minimum Gasteiger partial charge on any atom is -0.323 e. The molecule has 0 aromatic heterocycles. The summed E-state index contributed by atoms with van der Waals surface area (Å²) in [6.07, 6.45) is 0. The predicted molar refractivity (Wildman–Crippen MR) is 139 cm³/mol. The fraction of sp³-hybridized carbons (Fsp3) is 0.538. The van der Waals surface area contributed by atoms with E-state index in [1.54, 1.807) is 0 Å². The summed E-state index contributed by atoms with van der Waals surface area (Å²) in [7, 11) is -2.40. The van der Waals surface area contributed by atoms with Crippen LogP contribution in [0.2, 0.25) is 0 Å². The van der Waals surface area contributed by atoms with Crippen molar-refractivity contribution in [1.29, 1.82) is 0 Å². The van der Waals surface area contributed by atoms with Crippen LogP contribution in [0.25, 0.3) is 0 Å². The summed E-state index contributed by atoms with van der Waals surface area (Å²) in [6.45, 7) is 23.7. The molecule has 0 aliphatic carbocycles. The zero-order valence-electron chi connectivity index (χ0n) is 21.0. The average Bonchev–Trinajstić information content (AvgIpc) is 3.20. The van der Waals surface area contributed by atoms with Gasteiger partial charge in [-0.05, 0) is 65.0 Å². The third-order valence-corrected chi connectivity index (χ3v) is 12.4. The smallest absolute Gasteiger partial charge is 0.323 e. The van der Waals surface area contributed by atoms with E-state index in [0.29, 0.717) is 6.57 Å². The van der Waals surface area contributed by atoms with Gasteiger partial charge in [0.05, 0.1) is 0 Å². The van der Waals surface area contributed by atoms with Crippen LogP contribution in [0.1, 0.15) is 55.4 Å². The highest BCUT2D eigenvalue weighted by atomic mass is 28.3. The lowest BCUT2D eigenvalue weighted by Crippen LogP contribution is -2.86. The van der Waals surface area contributed by atoms with Gasteiger partial charge in [0.1, 0.15) is 0 Å². The summed E-state index contributed by atoms with van der Waals surface area (Å²) < 4.78 is 2.82. The standard InChI is InChI=1S/C26H42BN3Si/c1-9-28(10-2)31(23-17-13-11-14-18-23,24-19-15-12-16-20-24)27-29(25(3,4)5)21-22-30(27)26(6,7)8/h11-20H,9-10,21-22H2,1-8H3. The van der Waals surface area contributed by atoms with Gasteiger partial charge in [-0.15, -0.1) is 0 Å². The Morgan fingerprint density at radius 3 is 1.35 bits per heavy atom. The number of nitrogens with zero attached hydrogens (tertiary/aromatic N) is 3. The van der Waals surface area contributed by atoms with Gasteiger partial charge in [-0.25, -0.2) is 0 Å². The molecule has 1 aliphatic rings. The predicted octanol–water partition coefficient (Wildman–Crippen LogP) is 3.87. The Kier molecular flexibility index (Phi) is 7.22. The summed E-state index contributed by atoms with van der Waals surface area (Å²) in [4.78, 5) is 5.62. The van der Waals surface area contributed by atoms with Crippen LogP contribution in [-0.4, -0.2) is 66.1 Å². The summed E-state index contributed by atoms with van der Waals surface area (Å²) in [6, 6.07) is 22.9. The Bertz CT molecular complexity index is 764. The van der Waals surface area contributed by atoms with Crippen LogP contribution in [0.5, 0.6) is 0 Å². The van der Waals surface area contributed by atoms with Crippen LogP contribution in [0.4, 0.5) is 0 Å². The van der Waals surface area contributed by atoms with Crippen LogP contribution >= 0.6 is 0 Å². The van der Waals surface area contributed by atoms with Crippen LogP contribution in [0.15, 0.2) is 60.7 Å². The molecule has 0 atom stereocenters. The second kappa shape index (κ2) is 9.22. The van der Waals surface area contributed by atoms with Gasteiger partial charge >= 0.3 is 6.57 Å². The van der Waals surface area contributed by atoms with E-state index in [1.807, 2.05) is 0 Å². The molecule has 2 aromatic rings. The largest absolute Gasteiger partial charge is 0.326 e. The summed E-state index contributed by atoms with van der Waals surface area (Å²) >= 11 is 0. The molecule has 5 heteroatoms. The molecule has 31 heavy (non-hydrogen) atoms. The minimum atomic E-state index is -2.40. The first-order chi connectivity index (χ1) is 14.6. The monoisotopic (exact) mass is 435 g/mol. The van der Waals surface area contributed by atoms with E-state index in [9.17, 15) is 0 Å². The molecular formula is C26H42BN3Si. The van der Waals surface area contributed by atoms with Crippen molar-refractivity contribution in [2.45, 2.75) is 66.5 Å². The highest BCUT2D eigenvalue weighted by Crippen LogP contribution is 2.33. The Labute approximate surface area is 192 Å². The Balaban J connectivity index is 2.42. The quantitative estimate of drug-likeness (QED) is 0.638. The lowest BCUT2D eigenvalue weighted by atomic mass is 9.90. The van der Waals surface area contributed by atoms with Gasteiger partial charge in [-0.3, -0.25) is 0 Å². The summed E-state index contributed by atoms with van der Waals surface area (Å²) in [5.41, 5.74) is 0.194. The molecule has 0 radical (unpaired) electrons. The molecule has 1 heterocycles. The first kappa shape index (κ1) is 24.2. The Morgan fingerprint density at radius 1 is 0.710 bits per heavy atom. The third kappa shape index (κ3) is 4.43. The van der Waals surface area contributed by atoms with E-state index < -0.39 is 8.11 Å². The average molecular weight is 436 g/mol. The van der Waals surface area contributed by atoms with Gasteiger partial charge < -0.3 is 14.2 Å². The molecular weight excluding hydrogens is 393 g/mol. The van der Waals surface area contributed by atoms with E-state index in [-0.39, 0.29) is 11.1 Å². The molecule has 3 rings (SSSR count). The first-order valence-corrected chi connectivity index (χ1v) is 14.0. The van der Waals surface area contributed by atoms with Crippen LogP contribution in [-0.2, 0) is 0 Å². The topological polar surface area (TPSA) is 9.72 Å². The van der Waals surface area contributed by atoms with Gasteiger partial charge in [-0.1, -0.05) is 74.5 Å². The molecule has 0 N–H and O–H groups in total. The van der Waals surface area contributed by atoms with Gasteiger partial charge in [0.2, 0.25) is 0 Å². The van der Waals surface area contributed by atoms with Crippen molar-refractivity contribution in [2.24, 2.45) is 0 Å². The maximum Gasteiger partial charge on any atom is 0.326 e. The van der Waals surface area contributed by atoms with Crippen LogP contribution < -0.4 is 10.4 Å². The van der Waals surface area contributed by atoms with Gasteiger partial charge in [0, 0.05) is 24.2 Å². The van der Waals surface area contributed by atoms with Gasteiger partial charge in [-0.2, -0.15) is 0 Å². The van der Waals surface area contributed by atoms with Crippen LogP contribution in [0.3, 0.4) is 0 Å². The molecule has 0 unspecified atom stereocenters. The van der Waals surface area contributed by atoms with Crippen molar-refractivity contribution in [1.82, 2.24) is 14.2 Å². The Morgan fingerprint density at radius 2 is 1.06 bits per heavy atom. The van der Waals surface area contributed by atoms with Gasteiger partial charge in [0.25, 0.3) is 0 Å². The highest BCUT2D eigenvalue weighted by Gasteiger charge is 2.62. The van der Waals surface area contributed by atoms with E-state index >= 15 is 0 Å². The zero-order valence-corrected chi connectivity index (χ0v) is 22.0. The maximum absolute atomic E-state index is 2.82. The molecule has 168 valence electrons. The van der Waals surface area contributed by atoms with Crippen molar-refractivity contribution >= 4 is 25.1 Å². The third-order valence-electron chi connectivity index (χ3n) is 6.96. The van der Waals surface area contributed by atoms with Crippen molar-refractivity contribution in [3.05, 3.63) is 60.7 Å². The molecule has 2 aromatic carbocycles. The first-order valence-electron chi connectivity index (χ1n) is 12.0. The van der Waals surface area contributed by atoms with Crippen molar-refractivity contribution < 1.29 is 0 Å². The molecule has 1 saturated heterocycles. The number of hydrogen-bond acceptors (Lipinski definition) is 3. The van der Waals surface area contributed by atoms with E-state index in [2.05, 4.69) is 130 Å². The molecule has 3 nitrogen and oxygen atoms in total. The molecule has 1 aliphatic heterocycles. The SMILES string of the molecule is CCN(CC)[Si](B1N(C(C)(C)C)CCN1C(C)(C)C)(c1ccccc1)c1ccccc1. The summed E-state index contributed by atoms with van der Waals surface area (Å²) in [5, 5.41) is 3.03. The highest BCUT2D eigenvalue weighted by molar-refractivity contribution is 7.41. The fourth-order valence-electron chi connectivity index (χ4n) is 5.58. The molecule has 0 saturated carbocycles. The van der Waals surface area contributed by atoms with E-state index in [4.69, 9.17) is 0 Å². The fourth-order valence-corrected chi connectivity index (χ4v) is 11.9. The van der Waals surface area contributed by atoms with Crippen molar-refractivity contribution in [3.63, 3.8) is 0 Å². The molecule has 0 amide bonds. The molecule has 1 fully saturated rings.